The molecular weight excluding hydrogens is 331 g/mol. The first-order valence-corrected chi connectivity index (χ1v) is 6.90. The minimum atomic E-state index is -0.609. The number of anilines is 1. The number of aliphatic hydroxyl groups excluding tert-OH is 1. The van der Waals surface area contributed by atoms with Crippen molar-refractivity contribution < 1.29 is 19.0 Å². The minimum absolute atomic E-state index is 0.229. The summed E-state index contributed by atoms with van der Waals surface area (Å²) in [7, 11) is 1.50. The fourth-order valence-electron chi connectivity index (χ4n) is 1.58. The molecule has 0 aliphatic rings. The maximum absolute atomic E-state index is 13.2. The zero-order chi connectivity index (χ0) is 15.1. The number of ether oxygens (including phenoxy) is 1. The summed E-state index contributed by atoms with van der Waals surface area (Å²) in [4.78, 5) is 11.7. The predicted molar refractivity (Wildman–Crippen MR) is 78.4 cm³/mol. The molecule has 1 unspecified atom stereocenters. The highest BCUT2D eigenvalue weighted by atomic mass is 79.9. The van der Waals surface area contributed by atoms with Gasteiger partial charge in [0, 0.05) is 19.3 Å². The van der Waals surface area contributed by atoms with Gasteiger partial charge < -0.3 is 20.5 Å². The Morgan fingerprint density at radius 1 is 1.55 bits per heavy atom. The molecule has 0 saturated heterocycles. The van der Waals surface area contributed by atoms with E-state index in [1.54, 1.807) is 6.92 Å². The third kappa shape index (κ3) is 5.44. The fraction of sp³-hybridized carbons (Fsp3) is 0.462. The van der Waals surface area contributed by atoms with Gasteiger partial charge in [-0.05, 0) is 47.0 Å². The summed E-state index contributed by atoms with van der Waals surface area (Å²) in [6.07, 6.45) is -0.213. The number of aryl methyl sites for hydroxylation is 1. The maximum Gasteiger partial charge on any atom is 0.319 e. The summed E-state index contributed by atoms with van der Waals surface area (Å²) in [6.45, 7) is 2.25. The Morgan fingerprint density at radius 3 is 2.90 bits per heavy atom. The normalized spacial score (nSPS) is 12.1. The third-order valence-corrected chi connectivity index (χ3v) is 3.25. The largest absolute Gasteiger partial charge is 0.391 e. The van der Waals surface area contributed by atoms with Crippen LogP contribution in [0.1, 0.15) is 12.0 Å². The molecule has 1 aromatic carbocycles. The first-order chi connectivity index (χ1) is 9.43. The first-order valence-electron chi connectivity index (χ1n) is 6.11. The average Bonchev–Trinajstić information content (AvgIpc) is 2.36. The molecule has 0 bridgehead atoms. The number of halogens is 2. The molecule has 0 radical (unpaired) electrons. The van der Waals surface area contributed by atoms with Gasteiger partial charge in [-0.1, -0.05) is 0 Å². The van der Waals surface area contributed by atoms with Crippen molar-refractivity contribution in [3.05, 3.63) is 28.0 Å². The van der Waals surface area contributed by atoms with Crippen LogP contribution in [-0.4, -0.2) is 37.5 Å². The van der Waals surface area contributed by atoms with E-state index in [9.17, 15) is 14.3 Å². The SMILES string of the molecule is COCC(O)CCNC(=O)Nc1cc(Br)c(F)cc1C. The quantitative estimate of drug-likeness (QED) is 0.739. The van der Waals surface area contributed by atoms with E-state index in [2.05, 4.69) is 26.6 Å². The van der Waals surface area contributed by atoms with Crippen molar-refractivity contribution in [2.24, 2.45) is 0 Å². The maximum atomic E-state index is 13.2. The van der Waals surface area contributed by atoms with Gasteiger partial charge in [0.2, 0.25) is 0 Å². The Kier molecular flexibility index (Phi) is 6.90. The van der Waals surface area contributed by atoms with E-state index in [-0.39, 0.29) is 16.9 Å². The lowest BCUT2D eigenvalue weighted by molar-refractivity contribution is 0.0599. The van der Waals surface area contributed by atoms with Gasteiger partial charge in [0.1, 0.15) is 5.82 Å². The van der Waals surface area contributed by atoms with Gasteiger partial charge in [0.25, 0.3) is 0 Å². The highest BCUT2D eigenvalue weighted by molar-refractivity contribution is 9.10. The summed E-state index contributed by atoms with van der Waals surface area (Å²) in [5, 5.41) is 14.6. The third-order valence-electron chi connectivity index (χ3n) is 2.64. The number of nitrogens with one attached hydrogen (secondary N) is 2. The van der Waals surface area contributed by atoms with Gasteiger partial charge in [0.05, 0.1) is 17.2 Å². The van der Waals surface area contributed by atoms with E-state index in [1.165, 1.54) is 19.2 Å². The lowest BCUT2D eigenvalue weighted by Crippen LogP contribution is -2.32. The second-order valence-corrected chi connectivity index (χ2v) is 5.21. The number of carbonyl (C=O) groups excluding carboxylic acids is 1. The molecule has 0 saturated carbocycles. The lowest BCUT2D eigenvalue weighted by Gasteiger charge is -2.12. The van der Waals surface area contributed by atoms with Crippen LogP contribution >= 0.6 is 15.9 Å². The smallest absolute Gasteiger partial charge is 0.319 e. The highest BCUT2D eigenvalue weighted by Gasteiger charge is 2.09. The standard InChI is InChI=1S/C13H18BrFN2O3/c1-8-5-11(15)10(14)6-12(8)17-13(19)16-4-3-9(18)7-20-2/h5-6,9,18H,3-4,7H2,1-2H3,(H2,16,17,19). The molecule has 5 nitrogen and oxygen atoms in total. The van der Waals surface area contributed by atoms with Crippen LogP contribution in [0.5, 0.6) is 0 Å². The molecule has 1 rings (SSSR count). The van der Waals surface area contributed by atoms with Gasteiger partial charge >= 0.3 is 6.03 Å². The van der Waals surface area contributed by atoms with E-state index < -0.39 is 12.1 Å². The molecule has 1 atom stereocenters. The molecule has 0 spiro atoms. The monoisotopic (exact) mass is 348 g/mol. The van der Waals surface area contributed by atoms with Crippen molar-refractivity contribution in [1.29, 1.82) is 0 Å². The number of benzene rings is 1. The molecule has 3 N–H and O–H groups in total. The molecule has 1 aromatic rings. The summed E-state index contributed by atoms with van der Waals surface area (Å²) >= 11 is 3.07. The number of urea groups is 1. The Hall–Kier alpha value is -1.18. The molecule has 0 aliphatic carbocycles. The van der Waals surface area contributed by atoms with Crippen LogP contribution in [0.4, 0.5) is 14.9 Å². The second kappa shape index (κ2) is 8.18. The van der Waals surface area contributed by atoms with Gasteiger partial charge in [-0.25, -0.2) is 9.18 Å². The van der Waals surface area contributed by atoms with Crippen LogP contribution in [0.15, 0.2) is 16.6 Å². The molecule has 0 aliphatic heterocycles. The number of hydrogen-bond donors (Lipinski definition) is 3. The van der Waals surface area contributed by atoms with Crippen LogP contribution in [0.3, 0.4) is 0 Å². The minimum Gasteiger partial charge on any atom is -0.391 e. The Morgan fingerprint density at radius 2 is 2.25 bits per heavy atom. The second-order valence-electron chi connectivity index (χ2n) is 4.36. The number of methoxy groups -OCH3 is 1. The van der Waals surface area contributed by atoms with Crippen molar-refractivity contribution in [3.8, 4) is 0 Å². The van der Waals surface area contributed by atoms with Gasteiger partial charge in [0.15, 0.2) is 0 Å². The van der Waals surface area contributed by atoms with Crippen molar-refractivity contribution >= 4 is 27.6 Å². The van der Waals surface area contributed by atoms with Crippen LogP contribution in [0, 0.1) is 12.7 Å². The van der Waals surface area contributed by atoms with Crippen LogP contribution in [-0.2, 0) is 4.74 Å². The van der Waals surface area contributed by atoms with E-state index >= 15 is 0 Å². The summed E-state index contributed by atoms with van der Waals surface area (Å²) < 4.78 is 18.3. The van der Waals surface area contributed by atoms with Gasteiger partial charge in [-0.15, -0.1) is 0 Å². The molecule has 0 heterocycles. The zero-order valence-corrected chi connectivity index (χ0v) is 13.0. The van der Waals surface area contributed by atoms with Crippen molar-refractivity contribution in [2.75, 3.05) is 25.6 Å². The van der Waals surface area contributed by atoms with Crippen LogP contribution in [0.25, 0.3) is 0 Å². The number of hydrogen-bond acceptors (Lipinski definition) is 3. The van der Waals surface area contributed by atoms with Crippen LogP contribution < -0.4 is 10.6 Å². The molecule has 0 aromatic heterocycles. The van der Waals surface area contributed by atoms with E-state index in [1.807, 2.05) is 0 Å². The summed E-state index contributed by atoms with van der Waals surface area (Å²) in [5.74, 6) is -0.379. The molecule has 20 heavy (non-hydrogen) atoms. The average molecular weight is 349 g/mol. The summed E-state index contributed by atoms with van der Waals surface area (Å²) in [6, 6.07) is 2.43. The number of aliphatic hydroxyl groups is 1. The lowest BCUT2D eigenvalue weighted by atomic mass is 10.2. The van der Waals surface area contributed by atoms with Crippen LogP contribution in [0.2, 0.25) is 0 Å². The zero-order valence-electron chi connectivity index (χ0n) is 11.4. The molecule has 112 valence electrons. The molecule has 2 amide bonds. The number of carbonyl (C=O) groups is 1. The predicted octanol–water partition coefficient (Wildman–Crippen LogP) is 2.42. The van der Waals surface area contributed by atoms with E-state index in [4.69, 9.17) is 4.74 Å². The number of amides is 2. The highest BCUT2D eigenvalue weighted by Crippen LogP contribution is 2.24. The fourth-order valence-corrected chi connectivity index (χ4v) is 1.92. The topological polar surface area (TPSA) is 70.6 Å². The van der Waals surface area contributed by atoms with Gasteiger partial charge in [-0.3, -0.25) is 0 Å². The Balaban J connectivity index is 2.45. The Bertz CT molecular complexity index is 471. The molecule has 0 fully saturated rings. The van der Waals surface area contributed by atoms with Crippen molar-refractivity contribution in [2.45, 2.75) is 19.4 Å². The van der Waals surface area contributed by atoms with Gasteiger partial charge in [-0.2, -0.15) is 0 Å². The first kappa shape index (κ1) is 16.9. The number of rotatable bonds is 6. The van der Waals surface area contributed by atoms with Crippen molar-refractivity contribution in [1.82, 2.24) is 5.32 Å². The van der Waals surface area contributed by atoms with E-state index in [0.29, 0.717) is 24.2 Å². The Labute approximate surface area is 125 Å². The van der Waals surface area contributed by atoms with E-state index in [0.717, 1.165) is 0 Å². The molecular formula is C13H18BrFN2O3. The summed E-state index contributed by atoms with van der Waals surface area (Å²) in [5.41, 5.74) is 1.15. The van der Waals surface area contributed by atoms with Crippen molar-refractivity contribution in [3.63, 3.8) is 0 Å². The molecule has 7 heteroatoms.